The van der Waals surface area contributed by atoms with E-state index in [0.29, 0.717) is 5.39 Å². The highest BCUT2D eigenvalue weighted by Gasteiger charge is 2.34. The summed E-state index contributed by atoms with van der Waals surface area (Å²) in [5.41, 5.74) is 0.442. The van der Waals surface area contributed by atoms with Gasteiger partial charge in [-0.05, 0) is 11.5 Å². The zero-order valence-electron chi connectivity index (χ0n) is 12.3. The van der Waals surface area contributed by atoms with Crippen LogP contribution in [0.1, 0.15) is 0 Å². The number of hydrogen-bond acceptors (Lipinski definition) is 4. The average Bonchev–Trinajstić information content (AvgIpc) is 3.08. The van der Waals surface area contributed by atoms with Gasteiger partial charge >= 0.3 is 0 Å². The zero-order valence-corrected chi connectivity index (χ0v) is 12.3. The molecule has 0 saturated carbocycles. The van der Waals surface area contributed by atoms with E-state index in [-0.39, 0.29) is 11.4 Å². The maximum atomic E-state index is 12.2. The van der Waals surface area contributed by atoms with Crippen molar-refractivity contribution >= 4 is 45.8 Å². The number of carbonyl (C=O) groups excluding carboxylic acids is 4. The van der Waals surface area contributed by atoms with E-state index in [4.69, 9.17) is 0 Å². The van der Waals surface area contributed by atoms with Gasteiger partial charge in [0, 0.05) is 29.7 Å². The maximum absolute atomic E-state index is 12.2. The van der Waals surface area contributed by atoms with Crippen LogP contribution in [0, 0.1) is 0 Å². The van der Waals surface area contributed by atoms with Gasteiger partial charge in [-0.25, -0.2) is 9.80 Å². The van der Waals surface area contributed by atoms with E-state index >= 15 is 0 Å². The lowest BCUT2D eigenvalue weighted by Gasteiger charge is -2.24. The van der Waals surface area contributed by atoms with Gasteiger partial charge in [0.05, 0.1) is 11.4 Å². The van der Waals surface area contributed by atoms with Crippen molar-refractivity contribution in [1.82, 2.24) is 0 Å². The van der Waals surface area contributed by atoms with Crippen LogP contribution in [-0.2, 0) is 19.2 Å². The summed E-state index contributed by atoms with van der Waals surface area (Å²) in [5.74, 6) is -2.04. The summed E-state index contributed by atoms with van der Waals surface area (Å²) >= 11 is 0. The Bertz CT molecular complexity index is 967. The first-order valence-corrected chi connectivity index (χ1v) is 7.22. The molecule has 0 saturated heterocycles. The molecule has 0 spiro atoms. The number of nitrogens with zero attached hydrogens (tertiary/aromatic N) is 2. The normalized spacial score (nSPS) is 17.0. The Morgan fingerprint density at radius 3 is 1.75 bits per heavy atom. The second-order valence-electron chi connectivity index (χ2n) is 5.34. The Hall–Kier alpha value is -3.54. The van der Waals surface area contributed by atoms with E-state index in [0.717, 1.165) is 27.3 Å². The van der Waals surface area contributed by atoms with Crippen molar-refractivity contribution in [1.29, 1.82) is 0 Å². The highest BCUT2D eigenvalue weighted by atomic mass is 16.2. The molecule has 2 aliphatic rings. The van der Waals surface area contributed by atoms with Crippen LogP contribution in [0.4, 0.5) is 11.4 Å². The van der Waals surface area contributed by atoms with Crippen molar-refractivity contribution in [3.05, 3.63) is 60.7 Å². The number of fused-ring (bicyclic) bond motifs is 1. The van der Waals surface area contributed by atoms with E-state index in [1.54, 1.807) is 24.3 Å². The summed E-state index contributed by atoms with van der Waals surface area (Å²) in [6, 6.07) is 10.5. The van der Waals surface area contributed by atoms with Crippen molar-refractivity contribution < 1.29 is 19.2 Å². The molecule has 0 aromatic heterocycles. The largest absolute Gasteiger partial charge is 0.269 e. The molecule has 0 radical (unpaired) electrons. The predicted octanol–water partition coefficient (Wildman–Crippen LogP) is 1.70. The number of rotatable bonds is 2. The lowest BCUT2D eigenvalue weighted by molar-refractivity contribution is -0.122. The van der Waals surface area contributed by atoms with Gasteiger partial charge in [0.2, 0.25) is 0 Å². The molecule has 2 aromatic carbocycles. The minimum Gasteiger partial charge on any atom is -0.269 e. The SMILES string of the molecule is O=C1C=CC(=O)N1c1ccc2ccccc2c1N1C(=O)C=CC1=O. The predicted molar refractivity (Wildman–Crippen MR) is 87.2 cm³/mol. The standard InChI is InChI=1S/C18H10N2O4/c21-14-7-8-15(22)19(14)13-6-5-11-3-1-2-4-12(11)18(13)20-16(23)9-10-17(20)24/h1-10H. The smallest absolute Gasteiger partial charge is 0.258 e. The third-order valence-electron chi connectivity index (χ3n) is 3.96. The summed E-state index contributed by atoms with van der Waals surface area (Å²) in [6.07, 6.45) is 4.65. The van der Waals surface area contributed by atoms with Gasteiger partial charge < -0.3 is 0 Å². The third-order valence-corrected chi connectivity index (χ3v) is 3.96. The molecule has 6 nitrogen and oxygen atoms in total. The van der Waals surface area contributed by atoms with Crippen molar-refractivity contribution in [3.63, 3.8) is 0 Å². The van der Waals surface area contributed by atoms with Crippen molar-refractivity contribution in [2.24, 2.45) is 0 Å². The molecule has 6 heteroatoms. The van der Waals surface area contributed by atoms with E-state index in [1.165, 1.54) is 12.2 Å². The zero-order chi connectivity index (χ0) is 16.8. The van der Waals surface area contributed by atoms with Crippen LogP contribution in [0.25, 0.3) is 10.8 Å². The number of carbonyl (C=O) groups is 4. The number of hydrogen-bond donors (Lipinski definition) is 0. The quantitative estimate of drug-likeness (QED) is 0.790. The van der Waals surface area contributed by atoms with E-state index in [1.807, 2.05) is 12.1 Å². The fourth-order valence-electron chi connectivity index (χ4n) is 2.92. The number of imide groups is 2. The lowest BCUT2D eigenvalue weighted by Crippen LogP contribution is -2.35. The number of amides is 4. The van der Waals surface area contributed by atoms with Gasteiger partial charge in [-0.15, -0.1) is 0 Å². The average molecular weight is 318 g/mol. The maximum Gasteiger partial charge on any atom is 0.258 e. The Kier molecular flexibility index (Phi) is 2.93. The first-order valence-electron chi connectivity index (χ1n) is 7.22. The van der Waals surface area contributed by atoms with Crippen LogP contribution in [0.15, 0.2) is 60.7 Å². The second kappa shape index (κ2) is 4.99. The van der Waals surface area contributed by atoms with Gasteiger partial charge in [0.15, 0.2) is 0 Å². The molecular weight excluding hydrogens is 308 g/mol. The molecule has 116 valence electrons. The molecule has 4 rings (SSSR count). The molecule has 0 unspecified atom stereocenters. The Labute approximate surface area is 136 Å². The molecule has 4 amide bonds. The van der Waals surface area contributed by atoms with Crippen LogP contribution in [0.5, 0.6) is 0 Å². The van der Waals surface area contributed by atoms with Gasteiger partial charge in [-0.2, -0.15) is 0 Å². The molecule has 0 fully saturated rings. The van der Waals surface area contributed by atoms with Crippen LogP contribution in [0.2, 0.25) is 0 Å². The highest BCUT2D eigenvalue weighted by molar-refractivity contribution is 6.35. The van der Waals surface area contributed by atoms with Gasteiger partial charge in [-0.3, -0.25) is 19.2 Å². The van der Waals surface area contributed by atoms with Crippen LogP contribution in [0.3, 0.4) is 0 Å². The summed E-state index contributed by atoms with van der Waals surface area (Å²) < 4.78 is 0. The summed E-state index contributed by atoms with van der Waals surface area (Å²) in [7, 11) is 0. The van der Waals surface area contributed by atoms with Crippen LogP contribution < -0.4 is 9.80 Å². The second-order valence-corrected chi connectivity index (χ2v) is 5.34. The van der Waals surface area contributed by atoms with Crippen molar-refractivity contribution in [2.45, 2.75) is 0 Å². The van der Waals surface area contributed by atoms with Crippen molar-refractivity contribution in [2.75, 3.05) is 9.80 Å². The molecular formula is C18H10N2O4. The fourth-order valence-corrected chi connectivity index (χ4v) is 2.92. The first kappa shape index (κ1) is 14.1. The minimum atomic E-state index is -0.511. The molecule has 0 N–H and O–H groups in total. The number of benzene rings is 2. The topological polar surface area (TPSA) is 74.8 Å². The van der Waals surface area contributed by atoms with E-state index in [9.17, 15) is 19.2 Å². The fraction of sp³-hybridized carbons (Fsp3) is 0. The number of anilines is 2. The van der Waals surface area contributed by atoms with Crippen LogP contribution in [-0.4, -0.2) is 23.6 Å². The van der Waals surface area contributed by atoms with Gasteiger partial charge in [-0.1, -0.05) is 30.3 Å². The van der Waals surface area contributed by atoms with E-state index in [2.05, 4.69) is 0 Å². The third kappa shape index (κ3) is 1.90. The molecule has 2 heterocycles. The summed E-state index contributed by atoms with van der Waals surface area (Å²) in [6.45, 7) is 0. The first-order chi connectivity index (χ1) is 11.6. The minimum absolute atomic E-state index is 0.208. The molecule has 2 aliphatic heterocycles. The van der Waals surface area contributed by atoms with Crippen molar-refractivity contribution in [3.8, 4) is 0 Å². The Morgan fingerprint density at radius 2 is 1.12 bits per heavy atom. The summed E-state index contributed by atoms with van der Waals surface area (Å²) in [5, 5.41) is 1.39. The lowest BCUT2D eigenvalue weighted by atomic mass is 10.1. The van der Waals surface area contributed by atoms with Gasteiger partial charge in [0.1, 0.15) is 0 Å². The highest BCUT2D eigenvalue weighted by Crippen LogP contribution is 2.39. The Morgan fingerprint density at radius 1 is 0.583 bits per heavy atom. The van der Waals surface area contributed by atoms with Gasteiger partial charge in [0.25, 0.3) is 23.6 Å². The summed E-state index contributed by atoms with van der Waals surface area (Å²) in [4.78, 5) is 50.4. The monoisotopic (exact) mass is 318 g/mol. The molecule has 0 aliphatic carbocycles. The molecule has 2 aromatic rings. The molecule has 0 bridgehead atoms. The molecule has 24 heavy (non-hydrogen) atoms. The molecule has 0 atom stereocenters. The van der Waals surface area contributed by atoms with Crippen LogP contribution >= 0.6 is 0 Å². The van der Waals surface area contributed by atoms with E-state index < -0.39 is 23.6 Å². The Balaban J connectivity index is 2.03.